The minimum absolute atomic E-state index is 0.266. The predicted octanol–water partition coefficient (Wildman–Crippen LogP) is 1.57. The van der Waals surface area contributed by atoms with Crippen LogP contribution in [0.2, 0.25) is 5.02 Å². The average Bonchev–Trinajstić information content (AvgIpc) is 2.27. The van der Waals surface area contributed by atoms with Gasteiger partial charge >= 0.3 is 5.63 Å². The molecule has 0 bridgehead atoms. The minimum atomic E-state index is -0.911. The van der Waals surface area contributed by atoms with E-state index < -0.39 is 11.5 Å². The van der Waals surface area contributed by atoms with Gasteiger partial charge in [0, 0.05) is 16.5 Å². The number of nitrogens with one attached hydrogen (secondary N) is 1. The lowest BCUT2D eigenvalue weighted by Gasteiger charge is -2.00. The third kappa shape index (κ3) is 1.78. The molecule has 0 fully saturated rings. The normalized spacial score (nSPS) is 10.4. The monoisotopic (exact) mass is 239 g/mol. The molecule has 0 spiro atoms. The average molecular weight is 240 g/mol. The van der Waals surface area contributed by atoms with E-state index in [1.165, 1.54) is 17.6 Å². The summed E-state index contributed by atoms with van der Waals surface area (Å²) in [5, 5.41) is 9.40. The molecule has 0 aliphatic rings. The molecule has 0 atom stereocenters. The molecule has 6 heteroatoms. The van der Waals surface area contributed by atoms with Crippen molar-refractivity contribution in [3.8, 4) is 0 Å². The molecule has 0 aliphatic heterocycles. The van der Waals surface area contributed by atoms with Gasteiger partial charge in [-0.3, -0.25) is 10.0 Å². The van der Waals surface area contributed by atoms with Crippen molar-refractivity contribution in [3.05, 3.63) is 45.3 Å². The van der Waals surface area contributed by atoms with Crippen LogP contribution < -0.4 is 11.1 Å². The van der Waals surface area contributed by atoms with E-state index in [1.54, 1.807) is 12.1 Å². The summed E-state index contributed by atoms with van der Waals surface area (Å²) in [6.07, 6.45) is 0. The number of halogens is 1. The lowest BCUT2D eigenvalue weighted by Crippen LogP contribution is -2.25. The van der Waals surface area contributed by atoms with Crippen LogP contribution in [0.4, 0.5) is 0 Å². The van der Waals surface area contributed by atoms with Crippen LogP contribution in [0.25, 0.3) is 11.0 Å². The second kappa shape index (κ2) is 3.96. The van der Waals surface area contributed by atoms with Crippen molar-refractivity contribution in [2.24, 2.45) is 0 Å². The Morgan fingerprint density at radius 2 is 2.12 bits per heavy atom. The predicted molar refractivity (Wildman–Crippen MR) is 56.7 cm³/mol. The number of benzene rings is 1. The Morgan fingerprint density at radius 1 is 1.38 bits per heavy atom. The molecule has 2 N–H and O–H groups in total. The summed E-state index contributed by atoms with van der Waals surface area (Å²) in [5.74, 6) is -0.911. The topological polar surface area (TPSA) is 79.5 Å². The Kier molecular flexibility index (Phi) is 2.64. The van der Waals surface area contributed by atoms with Gasteiger partial charge in [-0.15, -0.1) is 0 Å². The summed E-state index contributed by atoms with van der Waals surface area (Å²) >= 11 is 5.72. The first kappa shape index (κ1) is 10.7. The van der Waals surface area contributed by atoms with Crippen LogP contribution in [0.3, 0.4) is 0 Å². The van der Waals surface area contributed by atoms with Crippen LogP contribution in [0.5, 0.6) is 0 Å². The summed E-state index contributed by atoms with van der Waals surface area (Å²) in [7, 11) is 0. The largest absolute Gasteiger partial charge is 0.422 e. The summed E-state index contributed by atoms with van der Waals surface area (Å²) in [5.41, 5.74) is 0.559. The summed E-state index contributed by atoms with van der Waals surface area (Å²) < 4.78 is 4.88. The highest BCUT2D eigenvalue weighted by molar-refractivity contribution is 6.31. The minimum Gasteiger partial charge on any atom is -0.422 e. The van der Waals surface area contributed by atoms with Crippen LogP contribution in [0, 0.1) is 0 Å². The fourth-order valence-corrected chi connectivity index (χ4v) is 1.47. The Bertz CT molecular complexity index is 620. The number of carbonyl (C=O) groups is 1. The molecule has 0 radical (unpaired) electrons. The van der Waals surface area contributed by atoms with E-state index in [1.807, 2.05) is 0 Å². The Morgan fingerprint density at radius 3 is 2.81 bits per heavy atom. The first-order valence-corrected chi connectivity index (χ1v) is 4.67. The fourth-order valence-electron chi connectivity index (χ4n) is 1.30. The van der Waals surface area contributed by atoms with Crippen molar-refractivity contribution in [2.75, 3.05) is 0 Å². The molecular weight excluding hydrogens is 234 g/mol. The summed E-state index contributed by atoms with van der Waals surface area (Å²) in [4.78, 5) is 22.5. The maximum absolute atomic E-state index is 11.4. The second-order valence-electron chi connectivity index (χ2n) is 3.07. The molecule has 1 amide bonds. The molecule has 0 unspecified atom stereocenters. The van der Waals surface area contributed by atoms with Crippen molar-refractivity contribution in [1.82, 2.24) is 5.48 Å². The van der Waals surface area contributed by atoms with Gasteiger partial charge in [-0.25, -0.2) is 10.3 Å². The molecule has 0 saturated carbocycles. The number of hydroxylamine groups is 1. The van der Waals surface area contributed by atoms with Gasteiger partial charge in [0.2, 0.25) is 0 Å². The third-order valence-corrected chi connectivity index (χ3v) is 2.28. The number of carbonyl (C=O) groups excluding carboxylic acids is 1. The maximum atomic E-state index is 11.4. The van der Waals surface area contributed by atoms with Gasteiger partial charge in [0.1, 0.15) is 11.1 Å². The molecule has 1 heterocycles. The molecule has 0 aliphatic carbocycles. The van der Waals surface area contributed by atoms with E-state index >= 15 is 0 Å². The maximum Gasteiger partial charge on any atom is 0.349 e. The smallest absolute Gasteiger partial charge is 0.349 e. The molecule has 2 rings (SSSR count). The molecular formula is C10H6ClNO4. The molecule has 1 aromatic carbocycles. The molecule has 1 aromatic heterocycles. The van der Waals surface area contributed by atoms with Crippen molar-refractivity contribution >= 4 is 28.5 Å². The number of rotatable bonds is 1. The molecule has 2 aromatic rings. The Hall–Kier alpha value is -1.85. The Labute approximate surface area is 94.2 Å². The zero-order chi connectivity index (χ0) is 11.7. The van der Waals surface area contributed by atoms with E-state index in [0.717, 1.165) is 0 Å². The van der Waals surface area contributed by atoms with E-state index in [4.69, 9.17) is 21.2 Å². The van der Waals surface area contributed by atoms with Crippen molar-refractivity contribution in [1.29, 1.82) is 0 Å². The Balaban J connectivity index is 2.72. The third-order valence-electron chi connectivity index (χ3n) is 2.04. The lowest BCUT2D eigenvalue weighted by atomic mass is 10.2. The van der Waals surface area contributed by atoms with Gasteiger partial charge in [0.05, 0.1) is 0 Å². The van der Waals surface area contributed by atoms with E-state index in [2.05, 4.69) is 0 Å². The highest BCUT2D eigenvalue weighted by Gasteiger charge is 2.12. The van der Waals surface area contributed by atoms with Crippen LogP contribution >= 0.6 is 11.6 Å². The molecule has 16 heavy (non-hydrogen) atoms. The van der Waals surface area contributed by atoms with Crippen LogP contribution in [-0.2, 0) is 0 Å². The lowest BCUT2D eigenvalue weighted by molar-refractivity contribution is 0.0702. The summed E-state index contributed by atoms with van der Waals surface area (Å²) in [6.45, 7) is 0. The van der Waals surface area contributed by atoms with Gasteiger partial charge in [-0.2, -0.15) is 0 Å². The van der Waals surface area contributed by atoms with E-state index in [9.17, 15) is 9.59 Å². The van der Waals surface area contributed by atoms with Crippen LogP contribution in [0.1, 0.15) is 10.4 Å². The number of hydrogen-bond acceptors (Lipinski definition) is 4. The highest BCUT2D eigenvalue weighted by atomic mass is 35.5. The zero-order valence-electron chi connectivity index (χ0n) is 7.86. The van der Waals surface area contributed by atoms with E-state index in [0.29, 0.717) is 10.4 Å². The molecule has 5 nitrogen and oxygen atoms in total. The first-order chi connectivity index (χ1) is 7.61. The van der Waals surface area contributed by atoms with Crippen molar-refractivity contribution in [2.45, 2.75) is 0 Å². The zero-order valence-corrected chi connectivity index (χ0v) is 8.62. The van der Waals surface area contributed by atoms with Gasteiger partial charge in [-0.05, 0) is 18.2 Å². The molecule has 82 valence electrons. The number of amides is 1. The SMILES string of the molecule is O=C(NO)c1cc2ccc(Cl)cc2oc1=O. The van der Waals surface area contributed by atoms with Crippen LogP contribution in [-0.4, -0.2) is 11.1 Å². The fraction of sp³-hybridized carbons (Fsp3) is 0. The van der Waals surface area contributed by atoms with Gasteiger partial charge in [-0.1, -0.05) is 11.6 Å². The standard InChI is InChI=1S/C10H6ClNO4/c11-6-2-1-5-3-7(9(13)12-15)10(14)16-8(5)4-6/h1-4,15H,(H,12,13). The van der Waals surface area contributed by atoms with Crippen LogP contribution in [0.15, 0.2) is 33.5 Å². The molecule has 0 saturated heterocycles. The number of hydrogen-bond donors (Lipinski definition) is 2. The van der Waals surface area contributed by atoms with Crippen molar-refractivity contribution in [3.63, 3.8) is 0 Å². The number of fused-ring (bicyclic) bond motifs is 1. The van der Waals surface area contributed by atoms with Gasteiger partial charge < -0.3 is 4.42 Å². The quantitative estimate of drug-likeness (QED) is 0.450. The first-order valence-electron chi connectivity index (χ1n) is 4.29. The van der Waals surface area contributed by atoms with Crippen molar-refractivity contribution < 1.29 is 14.4 Å². The highest BCUT2D eigenvalue weighted by Crippen LogP contribution is 2.18. The summed E-state index contributed by atoms with van der Waals surface area (Å²) in [6, 6.07) is 6.00. The van der Waals surface area contributed by atoms with Gasteiger partial charge in [0.15, 0.2) is 0 Å². The van der Waals surface area contributed by atoms with Gasteiger partial charge in [0.25, 0.3) is 5.91 Å². The second-order valence-corrected chi connectivity index (χ2v) is 3.51. The van der Waals surface area contributed by atoms with E-state index in [-0.39, 0.29) is 11.1 Å².